The molecule has 1 aliphatic heterocycles. The fourth-order valence-corrected chi connectivity index (χ4v) is 3.22. The van der Waals surface area contributed by atoms with Crippen LogP contribution in [0.25, 0.3) is 6.08 Å². The highest BCUT2D eigenvalue weighted by molar-refractivity contribution is 9.10. The number of esters is 1. The van der Waals surface area contributed by atoms with E-state index in [9.17, 15) is 4.79 Å². The Balaban J connectivity index is 1.93. The fourth-order valence-electron chi connectivity index (χ4n) is 2.64. The molecule has 2 aromatic carbocycles. The van der Waals surface area contributed by atoms with Crippen LogP contribution in [0.5, 0.6) is 17.2 Å². The number of rotatable bonds is 7. The summed E-state index contributed by atoms with van der Waals surface area (Å²) in [4.78, 5) is 16.6. The van der Waals surface area contributed by atoms with Crippen LogP contribution in [0.2, 0.25) is 0 Å². The fraction of sp³-hybridized carbons (Fsp3) is 0.238. The van der Waals surface area contributed by atoms with Crippen LogP contribution < -0.4 is 14.2 Å². The number of benzene rings is 2. The molecule has 28 heavy (non-hydrogen) atoms. The maximum absolute atomic E-state index is 12.3. The second-order valence-corrected chi connectivity index (χ2v) is 6.61. The second kappa shape index (κ2) is 8.93. The summed E-state index contributed by atoms with van der Waals surface area (Å²) in [6.45, 7) is 4.81. The van der Waals surface area contributed by atoms with E-state index < -0.39 is 5.97 Å². The molecule has 0 saturated heterocycles. The molecule has 146 valence electrons. The van der Waals surface area contributed by atoms with Gasteiger partial charge in [-0.15, -0.1) is 0 Å². The molecular formula is C21H20BrNO5. The lowest BCUT2D eigenvalue weighted by Crippen LogP contribution is -2.05. The van der Waals surface area contributed by atoms with Gasteiger partial charge in [0.1, 0.15) is 5.75 Å². The molecule has 0 aromatic heterocycles. The average Bonchev–Trinajstić information content (AvgIpc) is 3.05. The van der Waals surface area contributed by atoms with Crippen LogP contribution in [0.15, 0.2) is 51.6 Å². The average molecular weight is 446 g/mol. The summed E-state index contributed by atoms with van der Waals surface area (Å²) in [5, 5.41) is 0. The third kappa shape index (κ3) is 4.36. The minimum Gasteiger partial charge on any atom is -0.497 e. The molecule has 0 fully saturated rings. The zero-order chi connectivity index (χ0) is 20.1. The van der Waals surface area contributed by atoms with Crippen molar-refractivity contribution in [3.05, 3.63) is 57.7 Å². The van der Waals surface area contributed by atoms with E-state index >= 15 is 0 Å². The van der Waals surface area contributed by atoms with Gasteiger partial charge in [0.05, 0.1) is 24.8 Å². The van der Waals surface area contributed by atoms with Gasteiger partial charge < -0.3 is 18.9 Å². The molecule has 2 aromatic rings. The summed E-state index contributed by atoms with van der Waals surface area (Å²) in [5.74, 6) is 1.69. The Hall–Kier alpha value is -2.80. The van der Waals surface area contributed by atoms with Crippen molar-refractivity contribution in [2.75, 3.05) is 20.3 Å². The molecule has 0 spiro atoms. The van der Waals surface area contributed by atoms with Crippen LogP contribution in [0.1, 0.15) is 25.0 Å². The quantitative estimate of drug-likeness (QED) is 0.460. The number of cyclic esters (lactones) is 1. The smallest absolute Gasteiger partial charge is 0.363 e. The van der Waals surface area contributed by atoms with Crippen molar-refractivity contribution in [1.29, 1.82) is 0 Å². The van der Waals surface area contributed by atoms with E-state index in [2.05, 4.69) is 20.9 Å². The first-order valence-corrected chi connectivity index (χ1v) is 9.61. The van der Waals surface area contributed by atoms with Crippen molar-refractivity contribution in [1.82, 2.24) is 0 Å². The van der Waals surface area contributed by atoms with Crippen LogP contribution in [-0.4, -0.2) is 32.2 Å². The molecule has 0 saturated carbocycles. The Morgan fingerprint density at radius 3 is 2.46 bits per heavy atom. The highest BCUT2D eigenvalue weighted by Crippen LogP contribution is 2.37. The third-order valence-corrected chi connectivity index (χ3v) is 4.47. The maximum atomic E-state index is 12.3. The number of hydrogen-bond donors (Lipinski definition) is 0. The van der Waals surface area contributed by atoms with E-state index in [0.29, 0.717) is 36.0 Å². The number of ether oxygens (including phenoxy) is 4. The summed E-state index contributed by atoms with van der Waals surface area (Å²) in [5.41, 5.74) is 1.65. The van der Waals surface area contributed by atoms with Gasteiger partial charge in [-0.3, -0.25) is 0 Å². The molecular weight excluding hydrogens is 426 g/mol. The predicted octanol–water partition coefficient (Wildman–Crippen LogP) is 4.60. The van der Waals surface area contributed by atoms with Crippen molar-refractivity contribution in [2.45, 2.75) is 13.8 Å². The van der Waals surface area contributed by atoms with E-state index in [4.69, 9.17) is 18.9 Å². The van der Waals surface area contributed by atoms with Gasteiger partial charge in [-0.05, 0) is 77.8 Å². The molecule has 0 aliphatic carbocycles. The number of carbonyl (C=O) groups is 1. The van der Waals surface area contributed by atoms with Gasteiger partial charge in [0.25, 0.3) is 0 Å². The van der Waals surface area contributed by atoms with Gasteiger partial charge >= 0.3 is 5.97 Å². The summed E-state index contributed by atoms with van der Waals surface area (Å²) in [6.07, 6.45) is 1.65. The van der Waals surface area contributed by atoms with Crippen LogP contribution in [0.4, 0.5) is 0 Å². The van der Waals surface area contributed by atoms with Crippen LogP contribution in [0.3, 0.4) is 0 Å². The summed E-state index contributed by atoms with van der Waals surface area (Å²) < 4.78 is 22.5. The molecule has 3 rings (SSSR count). The van der Waals surface area contributed by atoms with E-state index in [-0.39, 0.29) is 11.6 Å². The van der Waals surface area contributed by atoms with Crippen molar-refractivity contribution in [3.63, 3.8) is 0 Å². The Morgan fingerprint density at radius 2 is 1.82 bits per heavy atom. The minimum atomic E-state index is -0.506. The highest BCUT2D eigenvalue weighted by atomic mass is 79.9. The lowest BCUT2D eigenvalue weighted by atomic mass is 10.1. The zero-order valence-corrected chi connectivity index (χ0v) is 17.4. The van der Waals surface area contributed by atoms with E-state index in [1.807, 2.05) is 19.9 Å². The standard InChI is InChI=1S/C21H20BrNO5/c1-4-26-18-12-13(10-16(22)19(18)27-5-2)11-17-21(24)28-20(23-17)14-6-8-15(25-3)9-7-14/h6-12H,4-5H2,1-3H3/b17-11-. The topological polar surface area (TPSA) is 66.3 Å². The Bertz CT molecular complexity index is 935. The molecule has 0 atom stereocenters. The van der Waals surface area contributed by atoms with Gasteiger partial charge in [-0.2, -0.15) is 0 Å². The molecule has 0 amide bonds. The van der Waals surface area contributed by atoms with Gasteiger partial charge in [0.2, 0.25) is 5.90 Å². The highest BCUT2D eigenvalue weighted by Gasteiger charge is 2.24. The normalized spacial score (nSPS) is 14.6. The van der Waals surface area contributed by atoms with Gasteiger partial charge in [-0.1, -0.05) is 0 Å². The molecule has 0 unspecified atom stereocenters. The van der Waals surface area contributed by atoms with Gasteiger partial charge in [0, 0.05) is 5.56 Å². The van der Waals surface area contributed by atoms with E-state index in [0.717, 1.165) is 10.0 Å². The van der Waals surface area contributed by atoms with Crippen LogP contribution in [-0.2, 0) is 9.53 Å². The Morgan fingerprint density at radius 1 is 1.11 bits per heavy atom. The third-order valence-electron chi connectivity index (χ3n) is 3.88. The van der Waals surface area contributed by atoms with Crippen molar-refractivity contribution < 1.29 is 23.7 Å². The number of methoxy groups -OCH3 is 1. The summed E-state index contributed by atoms with van der Waals surface area (Å²) >= 11 is 3.50. The molecule has 0 N–H and O–H groups in total. The maximum Gasteiger partial charge on any atom is 0.363 e. The number of hydrogen-bond acceptors (Lipinski definition) is 6. The molecule has 1 aliphatic rings. The molecule has 7 heteroatoms. The van der Waals surface area contributed by atoms with Gasteiger partial charge in [-0.25, -0.2) is 9.79 Å². The predicted molar refractivity (Wildman–Crippen MR) is 110 cm³/mol. The molecule has 0 radical (unpaired) electrons. The number of nitrogens with zero attached hydrogens (tertiary/aromatic N) is 1. The van der Waals surface area contributed by atoms with E-state index in [1.165, 1.54) is 0 Å². The van der Waals surface area contributed by atoms with E-state index in [1.54, 1.807) is 43.5 Å². The monoisotopic (exact) mass is 445 g/mol. The zero-order valence-electron chi connectivity index (χ0n) is 15.8. The van der Waals surface area contributed by atoms with Gasteiger partial charge in [0.15, 0.2) is 17.2 Å². The molecule has 0 bridgehead atoms. The first kappa shape index (κ1) is 19.9. The minimum absolute atomic E-state index is 0.212. The first-order chi connectivity index (χ1) is 13.5. The second-order valence-electron chi connectivity index (χ2n) is 5.76. The Kier molecular flexibility index (Phi) is 6.36. The van der Waals surface area contributed by atoms with Crippen LogP contribution in [0, 0.1) is 0 Å². The number of carbonyl (C=O) groups excluding carboxylic acids is 1. The number of halogens is 1. The van der Waals surface area contributed by atoms with Crippen molar-refractivity contribution in [3.8, 4) is 17.2 Å². The lowest BCUT2D eigenvalue weighted by Gasteiger charge is -2.13. The number of aliphatic imine (C=N–C) groups is 1. The SMILES string of the molecule is CCOc1cc(/C=C2\N=C(c3ccc(OC)cc3)OC2=O)cc(Br)c1OCC. The van der Waals surface area contributed by atoms with Crippen molar-refractivity contribution in [2.24, 2.45) is 4.99 Å². The first-order valence-electron chi connectivity index (χ1n) is 8.81. The largest absolute Gasteiger partial charge is 0.497 e. The lowest BCUT2D eigenvalue weighted by molar-refractivity contribution is -0.129. The summed E-state index contributed by atoms with van der Waals surface area (Å²) in [6, 6.07) is 10.8. The summed E-state index contributed by atoms with van der Waals surface area (Å²) in [7, 11) is 1.59. The van der Waals surface area contributed by atoms with Crippen molar-refractivity contribution >= 4 is 33.9 Å². The molecule has 1 heterocycles. The molecule has 6 nitrogen and oxygen atoms in total. The Labute approximate surface area is 171 Å². The van der Waals surface area contributed by atoms with Crippen LogP contribution >= 0.6 is 15.9 Å².